The third-order valence-electron chi connectivity index (χ3n) is 16.0. The molecule has 5 aliphatic heterocycles. The van der Waals surface area contributed by atoms with Crippen molar-refractivity contribution in [3.8, 4) is 5.75 Å². The number of rotatable bonds is 7. The number of anilines is 1. The summed E-state index contributed by atoms with van der Waals surface area (Å²) in [5, 5.41) is 14.4. The van der Waals surface area contributed by atoms with Gasteiger partial charge in [-0.3, -0.25) is 14.5 Å². The Kier molecular flexibility index (Phi) is 9.38. The molecule has 2 saturated heterocycles. The van der Waals surface area contributed by atoms with Crippen molar-refractivity contribution in [3.05, 3.63) is 70.9 Å². The molecule has 3 aromatic rings. The predicted octanol–water partition coefficient (Wildman–Crippen LogP) is 5.27. The largest absolute Gasteiger partial charge is 0.496 e. The Morgan fingerprint density at radius 2 is 1.73 bits per heavy atom. The van der Waals surface area contributed by atoms with Gasteiger partial charge in [0.2, 0.25) is 5.60 Å². The number of piperidine rings is 1. The molecule has 1 spiro atoms. The molecule has 2 aromatic carbocycles. The predicted molar refractivity (Wildman–Crippen MR) is 224 cm³/mol. The summed E-state index contributed by atoms with van der Waals surface area (Å²) >= 11 is 0. The minimum absolute atomic E-state index is 0.0754. The van der Waals surface area contributed by atoms with E-state index in [1.54, 1.807) is 7.11 Å². The van der Waals surface area contributed by atoms with E-state index in [0.717, 1.165) is 72.3 Å². The van der Waals surface area contributed by atoms with E-state index in [4.69, 9.17) is 18.9 Å². The fourth-order valence-corrected chi connectivity index (χ4v) is 13.8. The van der Waals surface area contributed by atoms with Gasteiger partial charge in [-0.15, -0.1) is 0 Å². The van der Waals surface area contributed by atoms with Gasteiger partial charge >= 0.3 is 17.9 Å². The number of carbonyl (C=O) groups excluding carboxylic acids is 3. The van der Waals surface area contributed by atoms with Gasteiger partial charge in [0.25, 0.3) is 0 Å². The second-order valence-corrected chi connectivity index (χ2v) is 18.8. The van der Waals surface area contributed by atoms with Crippen LogP contribution < -0.4 is 9.64 Å². The van der Waals surface area contributed by atoms with E-state index in [1.807, 2.05) is 31.0 Å². The fraction of sp³-hybridized carbons (Fsp3) is 0.596. The Morgan fingerprint density at radius 1 is 0.966 bits per heavy atom. The van der Waals surface area contributed by atoms with Gasteiger partial charge in [0.1, 0.15) is 11.2 Å². The molecule has 10 atom stereocenters. The Morgan fingerprint density at radius 3 is 2.42 bits per heavy atom. The van der Waals surface area contributed by atoms with E-state index in [0.29, 0.717) is 43.7 Å². The third-order valence-corrected chi connectivity index (χ3v) is 16.0. The van der Waals surface area contributed by atoms with E-state index in [2.05, 4.69) is 65.0 Å². The van der Waals surface area contributed by atoms with Crippen molar-refractivity contribution in [1.29, 1.82) is 0 Å². The molecule has 0 amide bonds. The second kappa shape index (κ2) is 13.8. The lowest BCUT2D eigenvalue weighted by Gasteiger charge is -2.63. The number of nitrogens with zero attached hydrogens (tertiary/aromatic N) is 3. The SMILES string of the molecule is CC[C@]1(C)C[C@@H]2CN(CCc3c([nH]c4ccccc34)[C@@](C(=O)OC)(c3cc4c(cc3OC)N(C)[C@H]3[C@](O)(C(=O)OC)[C@H](OC(C)=O)[C@]5(CC)C=CCN6CC[C@]43[C@@H]65)C2)C1. The summed E-state index contributed by atoms with van der Waals surface area (Å²) in [5.74, 6) is -1.13. The highest BCUT2D eigenvalue weighted by Crippen LogP contribution is 2.68. The van der Waals surface area contributed by atoms with Crippen molar-refractivity contribution in [1.82, 2.24) is 14.8 Å². The van der Waals surface area contributed by atoms with E-state index >= 15 is 4.79 Å². The number of nitrogens with one attached hydrogen (secondary N) is 1. The van der Waals surface area contributed by atoms with Crippen molar-refractivity contribution in [2.45, 2.75) is 101 Å². The van der Waals surface area contributed by atoms with Crippen molar-refractivity contribution < 1.29 is 38.4 Å². The summed E-state index contributed by atoms with van der Waals surface area (Å²) in [6, 6.07) is 11.3. The van der Waals surface area contributed by atoms with Gasteiger partial charge in [-0.05, 0) is 79.7 Å². The summed E-state index contributed by atoms with van der Waals surface area (Å²) in [4.78, 5) is 53.6. The highest BCUT2D eigenvalue weighted by atomic mass is 16.6. The van der Waals surface area contributed by atoms with Gasteiger partial charge in [-0.25, -0.2) is 4.79 Å². The molecular weight excluding hydrogens is 749 g/mol. The van der Waals surface area contributed by atoms with Gasteiger partial charge in [-0.2, -0.15) is 0 Å². The van der Waals surface area contributed by atoms with Crippen LogP contribution in [0.2, 0.25) is 0 Å². The summed E-state index contributed by atoms with van der Waals surface area (Å²) in [7, 11) is 6.29. The number of aromatic nitrogens is 1. The van der Waals surface area contributed by atoms with Crippen LogP contribution in [0, 0.1) is 16.7 Å². The molecule has 1 aliphatic carbocycles. The zero-order valence-electron chi connectivity index (χ0n) is 35.9. The van der Waals surface area contributed by atoms with Crippen molar-refractivity contribution in [2.24, 2.45) is 16.7 Å². The molecule has 2 N–H and O–H groups in total. The maximum absolute atomic E-state index is 15.4. The standard InChI is InChI=1S/C47H60N4O8/c1-9-43(4)24-29-25-46(41(53)57-7,37-31(16-20-50(26-29)27-43)30-14-11-12-15-34(30)48-37)33-22-32-35(23-36(33)56-6)49(5)39-45(32)18-21-51-19-13-17-44(10-2,38(45)51)40(59-28(3)52)47(39,55)42(54)58-8/h11-15,17,22-23,29,38-40,48,55H,9-10,16,18-21,24-27H2,1-8H3/t29-,38-,39+,40+,43+,44+,45+,46-,47+/m0/s1. The van der Waals surface area contributed by atoms with Gasteiger partial charge in [0, 0.05) is 90.9 Å². The molecule has 12 heteroatoms. The Bertz CT molecular complexity index is 2250. The van der Waals surface area contributed by atoms with Crippen LogP contribution in [0.5, 0.6) is 5.75 Å². The minimum atomic E-state index is -2.27. The number of ether oxygens (including phenoxy) is 4. The first-order chi connectivity index (χ1) is 28.2. The Balaban J connectivity index is 1.36. The monoisotopic (exact) mass is 808 g/mol. The van der Waals surface area contributed by atoms with E-state index in [9.17, 15) is 14.7 Å². The van der Waals surface area contributed by atoms with E-state index in [1.165, 1.54) is 21.1 Å². The number of aromatic amines is 1. The molecule has 9 rings (SSSR count). The van der Waals surface area contributed by atoms with Crippen LogP contribution in [0.15, 0.2) is 48.6 Å². The van der Waals surface area contributed by atoms with Gasteiger partial charge in [-0.1, -0.05) is 51.1 Å². The number of benzene rings is 2. The first-order valence-corrected chi connectivity index (χ1v) is 21.5. The molecule has 3 fully saturated rings. The lowest BCUT2D eigenvalue weighted by atomic mass is 9.47. The molecule has 2 bridgehead atoms. The van der Waals surface area contributed by atoms with Crippen LogP contribution in [0.3, 0.4) is 0 Å². The number of likely N-dealkylation sites (N-methyl/N-ethyl adjacent to an activating group) is 1. The maximum Gasteiger partial charge on any atom is 0.344 e. The van der Waals surface area contributed by atoms with Crippen LogP contribution >= 0.6 is 0 Å². The molecule has 1 aromatic heterocycles. The number of H-pyrrole nitrogens is 1. The number of fused-ring (bicyclic) bond motifs is 6. The van der Waals surface area contributed by atoms with Gasteiger partial charge in [0.15, 0.2) is 6.10 Å². The summed E-state index contributed by atoms with van der Waals surface area (Å²) in [5.41, 5.74) is -0.0343. The molecular formula is C47H60N4O8. The zero-order chi connectivity index (χ0) is 41.9. The van der Waals surface area contributed by atoms with Crippen LogP contribution in [0.25, 0.3) is 10.9 Å². The molecule has 6 heterocycles. The van der Waals surface area contributed by atoms with E-state index in [-0.39, 0.29) is 23.3 Å². The normalized spacial score (nSPS) is 37.0. The molecule has 316 valence electrons. The van der Waals surface area contributed by atoms with Crippen LogP contribution in [0.4, 0.5) is 5.69 Å². The maximum atomic E-state index is 15.4. The average molecular weight is 809 g/mol. The summed E-state index contributed by atoms with van der Waals surface area (Å²) in [6.07, 6.45) is 7.23. The number of carbonyl (C=O) groups is 3. The Hall–Kier alpha value is -4.39. The topological polar surface area (TPSA) is 134 Å². The molecule has 1 saturated carbocycles. The lowest BCUT2D eigenvalue weighted by molar-refractivity contribution is -0.228. The number of hydrogen-bond donors (Lipinski definition) is 2. The number of aliphatic hydroxyl groups is 1. The molecule has 6 aliphatic rings. The number of para-hydroxylation sites is 1. The van der Waals surface area contributed by atoms with Crippen LogP contribution in [-0.2, 0) is 45.8 Å². The van der Waals surface area contributed by atoms with Crippen LogP contribution in [-0.4, -0.2) is 123 Å². The lowest BCUT2D eigenvalue weighted by Crippen LogP contribution is -2.81. The quantitative estimate of drug-likeness (QED) is 0.184. The van der Waals surface area contributed by atoms with Crippen LogP contribution in [0.1, 0.15) is 82.2 Å². The number of methoxy groups -OCH3 is 3. The number of hydrogen-bond acceptors (Lipinski definition) is 11. The summed E-state index contributed by atoms with van der Waals surface area (Å²) in [6.45, 7) is 12.1. The summed E-state index contributed by atoms with van der Waals surface area (Å²) < 4.78 is 24.1. The van der Waals surface area contributed by atoms with Crippen molar-refractivity contribution >= 4 is 34.5 Å². The smallest absolute Gasteiger partial charge is 0.344 e. The van der Waals surface area contributed by atoms with Gasteiger partial charge in [0.05, 0.1) is 27.4 Å². The zero-order valence-corrected chi connectivity index (χ0v) is 35.9. The molecule has 12 nitrogen and oxygen atoms in total. The van der Waals surface area contributed by atoms with Gasteiger partial charge < -0.3 is 38.8 Å². The number of esters is 3. The first kappa shape index (κ1) is 40.0. The molecule has 0 radical (unpaired) electrons. The molecule has 59 heavy (non-hydrogen) atoms. The van der Waals surface area contributed by atoms with Crippen molar-refractivity contribution in [3.63, 3.8) is 0 Å². The minimum Gasteiger partial charge on any atom is -0.496 e. The molecule has 1 unspecified atom stereocenters. The highest BCUT2D eigenvalue weighted by molar-refractivity contribution is 5.95. The van der Waals surface area contributed by atoms with E-state index < -0.39 is 45.9 Å². The fourth-order valence-electron chi connectivity index (χ4n) is 13.8. The third kappa shape index (κ3) is 5.21. The average Bonchev–Trinajstić information content (AvgIpc) is 3.90. The second-order valence-electron chi connectivity index (χ2n) is 18.8. The first-order valence-electron chi connectivity index (χ1n) is 21.5. The highest BCUT2D eigenvalue weighted by Gasteiger charge is 2.80. The Labute approximate surface area is 347 Å². The van der Waals surface area contributed by atoms with Crippen molar-refractivity contribution in [2.75, 3.05) is 66.0 Å².